The fraction of sp³-hybridized carbons (Fsp3) is 0.786. The summed E-state index contributed by atoms with van der Waals surface area (Å²) in [6, 6.07) is -0.205. The number of aliphatic hydroxyl groups is 2. The van der Waals surface area contributed by atoms with Crippen molar-refractivity contribution in [2.45, 2.75) is 82.7 Å². The van der Waals surface area contributed by atoms with Gasteiger partial charge in [-0.3, -0.25) is 9.59 Å². The second kappa shape index (κ2) is 7.95. The van der Waals surface area contributed by atoms with Gasteiger partial charge in [-0.05, 0) is 82.0 Å². The van der Waals surface area contributed by atoms with Crippen LogP contribution in [0.3, 0.4) is 0 Å². The zero-order valence-electron chi connectivity index (χ0n) is 21.5. The minimum atomic E-state index is -2.01. The molecule has 6 aliphatic rings. The predicted molar refractivity (Wildman–Crippen MR) is 128 cm³/mol. The smallest absolute Gasteiger partial charge is 0.220 e. The lowest BCUT2D eigenvalue weighted by atomic mass is 9.42. The van der Waals surface area contributed by atoms with Gasteiger partial charge >= 0.3 is 0 Å². The molecule has 4 unspecified atom stereocenters. The van der Waals surface area contributed by atoms with E-state index in [0.29, 0.717) is 24.8 Å². The highest BCUT2D eigenvalue weighted by Crippen LogP contribution is 2.74. The van der Waals surface area contributed by atoms with E-state index in [9.17, 15) is 19.8 Å². The Hall–Kier alpha value is -1.61. The number of ketones is 2. The van der Waals surface area contributed by atoms with Crippen LogP contribution in [0.5, 0.6) is 0 Å². The number of nitrogens with zero attached hydrogens (tertiary/aromatic N) is 1. The third-order valence-electron chi connectivity index (χ3n) is 11.4. The lowest BCUT2D eigenvalue weighted by Gasteiger charge is -2.64. The summed E-state index contributed by atoms with van der Waals surface area (Å²) in [5.74, 6) is -1.26. The van der Waals surface area contributed by atoms with E-state index in [1.165, 1.54) is 6.08 Å². The number of hydrogen-bond acceptors (Lipinski definition) is 7. The molecule has 3 saturated carbocycles. The summed E-state index contributed by atoms with van der Waals surface area (Å²) < 4.78 is 30.0. The number of Topliss-reactive ketones (excluding diaryl/α,β-unsaturated/α-hetero) is 1. The van der Waals surface area contributed by atoms with E-state index >= 15 is 4.39 Å². The quantitative estimate of drug-likeness (QED) is 0.611. The minimum Gasteiger partial charge on any atom is -0.463 e. The van der Waals surface area contributed by atoms with Crippen molar-refractivity contribution < 1.29 is 33.7 Å². The SMILES string of the molecule is CN1CCCCC1[C@]1(C(=O)CO)[C@@H]2CC3C4CCC5=C(OCO2)C(=O)C=C[C@]5(C)C4(F)[C@@H](O)C[C@@]31C. The van der Waals surface area contributed by atoms with E-state index in [0.717, 1.165) is 25.8 Å². The average Bonchev–Trinajstić information content (AvgIpc) is 3.07. The number of likely N-dealkylation sites (tertiary alicyclic amines) is 1. The van der Waals surface area contributed by atoms with Gasteiger partial charge in [-0.15, -0.1) is 0 Å². The molecule has 198 valence electrons. The van der Waals surface area contributed by atoms with Crippen molar-refractivity contribution >= 4 is 11.6 Å². The van der Waals surface area contributed by atoms with Crippen LogP contribution in [0.4, 0.5) is 4.39 Å². The van der Waals surface area contributed by atoms with Crippen LogP contribution in [0.1, 0.15) is 58.8 Å². The molecule has 36 heavy (non-hydrogen) atoms. The molecule has 4 fully saturated rings. The molecule has 0 amide bonds. The monoisotopic (exact) mass is 503 g/mol. The molecule has 0 aromatic carbocycles. The molecule has 1 saturated heterocycles. The van der Waals surface area contributed by atoms with Crippen LogP contribution in [0.2, 0.25) is 0 Å². The van der Waals surface area contributed by atoms with Crippen LogP contribution < -0.4 is 0 Å². The van der Waals surface area contributed by atoms with Gasteiger partial charge < -0.3 is 24.6 Å². The standard InChI is InChI=1S/C28H38FNO6/c1-25-10-9-19(32)24-17(25)8-7-16-18-12-23(35-15-36-24)27(22(34)14-31,20-6-4-5-11-30(20)3)26(18,2)13-21(33)28(16,25)29/h9-10,16,18,20-21,23,31,33H,4-8,11-15H2,1-3H3/t16?,18?,20?,21-,23-,25-,26-,27-,28?/m0/s1. The van der Waals surface area contributed by atoms with Gasteiger partial charge in [0.15, 0.2) is 24.0 Å². The molecule has 0 aromatic rings. The summed E-state index contributed by atoms with van der Waals surface area (Å²) in [5, 5.41) is 22.1. The van der Waals surface area contributed by atoms with Crippen molar-refractivity contribution in [3.63, 3.8) is 0 Å². The first-order valence-electron chi connectivity index (χ1n) is 13.5. The molecule has 2 aliphatic heterocycles. The topological polar surface area (TPSA) is 96.3 Å². The first kappa shape index (κ1) is 24.7. The summed E-state index contributed by atoms with van der Waals surface area (Å²) in [7, 11) is 2.01. The zero-order chi connectivity index (χ0) is 25.7. The van der Waals surface area contributed by atoms with E-state index < -0.39 is 46.6 Å². The molecule has 8 heteroatoms. The molecular weight excluding hydrogens is 465 g/mol. The van der Waals surface area contributed by atoms with Crippen LogP contribution >= 0.6 is 0 Å². The Labute approximate surface area is 211 Å². The lowest BCUT2D eigenvalue weighted by Crippen LogP contribution is -2.71. The summed E-state index contributed by atoms with van der Waals surface area (Å²) >= 11 is 0. The Morgan fingerprint density at radius 2 is 2.03 bits per heavy atom. The highest BCUT2D eigenvalue weighted by atomic mass is 19.1. The molecule has 2 heterocycles. The highest BCUT2D eigenvalue weighted by Gasteiger charge is 2.78. The molecule has 0 spiro atoms. The molecule has 7 nitrogen and oxygen atoms in total. The van der Waals surface area contributed by atoms with Gasteiger partial charge in [-0.25, -0.2) is 4.39 Å². The fourth-order valence-corrected chi connectivity index (χ4v) is 9.94. The van der Waals surface area contributed by atoms with Crippen molar-refractivity contribution in [2.75, 3.05) is 27.0 Å². The molecule has 2 N–H and O–H groups in total. The van der Waals surface area contributed by atoms with Gasteiger partial charge in [0, 0.05) is 17.4 Å². The van der Waals surface area contributed by atoms with Crippen molar-refractivity contribution in [2.24, 2.45) is 28.1 Å². The van der Waals surface area contributed by atoms with Crippen molar-refractivity contribution in [1.82, 2.24) is 4.90 Å². The van der Waals surface area contributed by atoms with E-state index in [-0.39, 0.29) is 42.5 Å². The summed E-state index contributed by atoms with van der Waals surface area (Å²) in [6.45, 7) is 3.78. The van der Waals surface area contributed by atoms with E-state index in [2.05, 4.69) is 4.90 Å². The fourth-order valence-electron chi connectivity index (χ4n) is 9.94. The van der Waals surface area contributed by atoms with Crippen LogP contribution in [0.15, 0.2) is 23.5 Å². The average molecular weight is 504 g/mol. The van der Waals surface area contributed by atoms with Gasteiger partial charge in [0.2, 0.25) is 5.78 Å². The van der Waals surface area contributed by atoms with E-state index in [4.69, 9.17) is 9.47 Å². The normalized spacial score (nSPS) is 50.3. The van der Waals surface area contributed by atoms with Crippen LogP contribution in [-0.2, 0) is 19.1 Å². The molecule has 9 atom stereocenters. The van der Waals surface area contributed by atoms with Crippen LogP contribution in [-0.4, -0.2) is 77.6 Å². The van der Waals surface area contributed by atoms with Crippen molar-refractivity contribution in [3.8, 4) is 0 Å². The first-order chi connectivity index (χ1) is 17.1. The summed E-state index contributed by atoms with van der Waals surface area (Å²) in [6.07, 6.45) is 5.28. The van der Waals surface area contributed by atoms with Gasteiger partial charge in [-0.1, -0.05) is 19.4 Å². The number of fused-ring (bicyclic) bond motifs is 3. The van der Waals surface area contributed by atoms with Crippen molar-refractivity contribution in [3.05, 3.63) is 23.5 Å². The molecule has 6 rings (SSSR count). The number of carbonyl (C=O) groups excluding carboxylic acids is 2. The van der Waals surface area contributed by atoms with Crippen molar-refractivity contribution in [1.29, 1.82) is 0 Å². The Balaban J connectivity index is 1.60. The molecular formula is C28H38FNO6. The van der Waals surface area contributed by atoms with Gasteiger partial charge in [0.05, 0.1) is 17.6 Å². The van der Waals surface area contributed by atoms with Gasteiger partial charge in [0.1, 0.15) is 6.61 Å². The number of ether oxygens (including phenoxy) is 2. The summed E-state index contributed by atoms with van der Waals surface area (Å²) in [4.78, 5) is 29.1. The molecule has 0 aromatic heterocycles. The Bertz CT molecular complexity index is 1060. The second-order valence-electron chi connectivity index (χ2n) is 12.5. The van der Waals surface area contributed by atoms with Gasteiger partial charge in [-0.2, -0.15) is 0 Å². The third kappa shape index (κ3) is 2.67. The number of allylic oxidation sites excluding steroid dienone is 3. The summed E-state index contributed by atoms with van der Waals surface area (Å²) in [5.41, 5.74) is -4.50. The minimum absolute atomic E-state index is 0.0987. The largest absolute Gasteiger partial charge is 0.463 e. The Morgan fingerprint density at radius 3 is 2.75 bits per heavy atom. The Kier molecular flexibility index (Phi) is 5.46. The number of hydrogen-bond donors (Lipinski definition) is 2. The van der Waals surface area contributed by atoms with E-state index in [1.54, 1.807) is 13.0 Å². The maximum absolute atomic E-state index is 17.7. The maximum atomic E-state index is 17.7. The zero-order valence-corrected chi connectivity index (χ0v) is 21.5. The Morgan fingerprint density at radius 1 is 1.25 bits per heavy atom. The predicted octanol–water partition coefficient (Wildman–Crippen LogP) is 2.70. The van der Waals surface area contributed by atoms with Gasteiger partial charge in [0.25, 0.3) is 0 Å². The first-order valence-corrected chi connectivity index (χ1v) is 13.5. The number of halogens is 1. The number of piperidine rings is 1. The second-order valence-corrected chi connectivity index (χ2v) is 12.5. The van der Waals surface area contributed by atoms with Crippen LogP contribution in [0.25, 0.3) is 0 Å². The molecule has 4 aliphatic carbocycles. The van der Waals surface area contributed by atoms with Crippen LogP contribution in [0, 0.1) is 28.1 Å². The number of carbonyl (C=O) groups is 2. The number of rotatable bonds is 3. The maximum Gasteiger partial charge on any atom is 0.220 e. The molecule has 4 bridgehead atoms. The third-order valence-corrected chi connectivity index (χ3v) is 11.4. The van der Waals surface area contributed by atoms with E-state index in [1.807, 2.05) is 14.0 Å². The lowest BCUT2D eigenvalue weighted by molar-refractivity contribution is -0.224. The molecule has 0 radical (unpaired) electrons. The number of alkyl halides is 1. The highest BCUT2D eigenvalue weighted by molar-refractivity contribution is 6.04. The number of aliphatic hydroxyl groups excluding tert-OH is 2.